The first-order valence-corrected chi connectivity index (χ1v) is 10.1. The molecule has 0 amide bonds. The maximum Gasteiger partial charge on any atom is 0.235 e. The molecule has 132 valence electrons. The molecule has 0 radical (unpaired) electrons. The second-order valence-electron chi connectivity index (χ2n) is 6.93. The molecule has 0 unspecified atom stereocenters. The van der Waals surface area contributed by atoms with Gasteiger partial charge in [0.05, 0.1) is 6.54 Å². The summed E-state index contributed by atoms with van der Waals surface area (Å²) in [5.41, 5.74) is 1.17. The van der Waals surface area contributed by atoms with E-state index in [-0.39, 0.29) is 0 Å². The molecule has 5 rings (SSSR count). The topological polar surface area (TPSA) is 46.3 Å². The van der Waals surface area contributed by atoms with Gasteiger partial charge in [-0.05, 0) is 36.7 Å². The molecule has 0 N–H and O–H groups in total. The van der Waals surface area contributed by atoms with Crippen molar-refractivity contribution in [2.24, 2.45) is 0 Å². The minimum atomic E-state index is 0.833. The number of likely N-dealkylation sites (tertiary alicyclic amines) is 1. The van der Waals surface area contributed by atoms with Crippen molar-refractivity contribution in [3.8, 4) is 10.6 Å². The summed E-state index contributed by atoms with van der Waals surface area (Å²) in [5.74, 6) is 0.949. The molecule has 0 bridgehead atoms. The van der Waals surface area contributed by atoms with E-state index in [1.807, 2.05) is 4.52 Å². The molecule has 1 fully saturated rings. The Morgan fingerprint density at radius 1 is 0.885 bits per heavy atom. The van der Waals surface area contributed by atoms with Crippen LogP contribution in [0.3, 0.4) is 0 Å². The zero-order valence-electron chi connectivity index (χ0n) is 14.6. The number of rotatable bonds is 3. The Labute approximate surface area is 156 Å². The normalized spacial score (nSPS) is 16.3. The summed E-state index contributed by atoms with van der Waals surface area (Å²) in [6, 6.07) is 14.8. The van der Waals surface area contributed by atoms with Gasteiger partial charge in [-0.3, -0.25) is 4.90 Å². The fraction of sp³-hybridized carbons (Fsp3) is 0.350. The number of benzene rings is 2. The van der Waals surface area contributed by atoms with Crippen molar-refractivity contribution >= 4 is 27.1 Å². The Hall–Kier alpha value is -2.31. The smallest absolute Gasteiger partial charge is 0.235 e. The lowest BCUT2D eigenvalue weighted by atomic mass is 10.1. The van der Waals surface area contributed by atoms with E-state index in [2.05, 4.69) is 57.6 Å². The predicted molar refractivity (Wildman–Crippen MR) is 105 cm³/mol. The van der Waals surface area contributed by atoms with Gasteiger partial charge in [0.25, 0.3) is 0 Å². The Balaban J connectivity index is 1.51. The maximum absolute atomic E-state index is 4.87. The van der Waals surface area contributed by atoms with Crippen LogP contribution in [0.25, 0.3) is 26.3 Å². The lowest BCUT2D eigenvalue weighted by molar-refractivity contribution is 0.268. The number of aromatic nitrogens is 4. The van der Waals surface area contributed by atoms with Gasteiger partial charge in [-0.1, -0.05) is 66.6 Å². The molecule has 5 nitrogen and oxygen atoms in total. The van der Waals surface area contributed by atoms with Crippen molar-refractivity contribution in [2.75, 3.05) is 13.1 Å². The minimum absolute atomic E-state index is 0.833. The molecular weight excluding hydrogens is 342 g/mol. The highest BCUT2D eigenvalue weighted by molar-refractivity contribution is 7.19. The number of fused-ring (bicyclic) bond motifs is 2. The molecule has 2 aromatic carbocycles. The molecule has 1 aliphatic heterocycles. The van der Waals surface area contributed by atoms with Crippen molar-refractivity contribution < 1.29 is 0 Å². The van der Waals surface area contributed by atoms with Crippen LogP contribution >= 0.6 is 11.3 Å². The van der Waals surface area contributed by atoms with Crippen LogP contribution in [0.15, 0.2) is 42.5 Å². The van der Waals surface area contributed by atoms with Crippen molar-refractivity contribution in [2.45, 2.75) is 32.2 Å². The third-order valence-electron chi connectivity index (χ3n) is 5.14. The van der Waals surface area contributed by atoms with E-state index < -0.39 is 0 Å². The van der Waals surface area contributed by atoms with Gasteiger partial charge in [0.15, 0.2) is 5.82 Å². The van der Waals surface area contributed by atoms with E-state index in [1.165, 1.54) is 42.0 Å². The van der Waals surface area contributed by atoms with Gasteiger partial charge >= 0.3 is 0 Å². The van der Waals surface area contributed by atoms with Crippen LogP contribution in [0, 0.1) is 0 Å². The zero-order chi connectivity index (χ0) is 17.3. The van der Waals surface area contributed by atoms with Crippen molar-refractivity contribution in [3.05, 3.63) is 48.3 Å². The predicted octanol–water partition coefficient (Wildman–Crippen LogP) is 4.38. The van der Waals surface area contributed by atoms with Gasteiger partial charge < -0.3 is 0 Å². The Morgan fingerprint density at radius 2 is 1.69 bits per heavy atom. The van der Waals surface area contributed by atoms with E-state index in [0.717, 1.165) is 35.4 Å². The Morgan fingerprint density at radius 3 is 2.58 bits per heavy atom. The molecule has 0 spiro atoms. The van der Waals surface area contributed by atoms with Crippen LogP contribution in [-0.2, 0) is 6.54 Å². The largest absolute Gasteiger partial charge is 0.296 e. The monoisotopic (exact) mass is 363 g/mol. The summed E-state index contributed by atoms with van der Waals surface area (Å²) in [6.45, 7) is 3.13. The van der Waals surface area contributed by atoms with Crippen LogP contribution in [0.1, 0.15) is 31.5 Å². The molecule has 0 aliphatic carbocycles. The number of nitrogens with zero attached hydrogens (tertiary/aromatic N) is 5. The van der Waals surface area contributed by atoms with Gasteiger partial charge in [0, 0.05) is 5.56 Å². The molecule has 1 saturated heterocycles. The molecule has 3 heterocycles. The summed E-state index contributed by atoms with van der Waals surface area (Å²) in [4.78, 5) is 3.36. The average molecular weight is 363 g/mol. The SMILES string of the molecule is c1ccc2c(-c3nn4c(CN5CCCCCC5)nnc4s3)cccc2c1. The van der Waals surface area contributed by atoms with Crippen LogP contribution in [-0.4, -0.2) is 37.8 Å². The molecule has 0 saturated carbocycles. The lowest BCUT2D eigenvalue weighted by Crippen LogP contribution is -2.25. The summed E-state index contributed by atoms with van der Waals surface area (Å²) >= 11 is 1.61. The first-order chi connectivity index (χ1) is 12.9. The lowest BCUT2D eigenvalue weighted by Gasteiger charge is -2.17. The summed E-state index contributed by atoms with van der Waals surface area (Å²) in [7, 11) is 0. The second-order valence-corrected chi connectivity index (χ2v) is 7.89. The van der Waals surface area contributed by atoms with E-state index >= 15 is 0 Å². The van der Waals surface area contributed by atoms with E-state index in [4.69, 9.17) is 5.10 Å². The molecule has 6 heteroatoms. The first-order valence-electron chi connectivity index (χ1n) is 9.30. The average Bonchev–Trinajstić information content (AvgIpc) is 3.15. The quantitative estimate of drug-likeness (QED) is 0.542. The Kier molecular flexibility index (Phi) is 4.15. The van der Waals surface area contributed by atoms with Gasteiger partial charge in [-0.2, -0.15) is 9.61 Å². The fourth-order valence-corrected chi connectivity index (χ4v) is 4.67. The molecule has 0 atom stereocenters. The molecular formula is C20H21N5S. The van der Waals surface area contributed by atoms with Crippen LogP contribution < -0.4 is 0 Å². The molecule has 4 aromatic rings. The standard InChI is InChI=1S/C20H21N5S/c1-2-6-13-24(12-5-1)14-18-21-22-20-25(18)23-19(26-20)17-11-7-9-15-8-3-4-10-16(15)17/h3-4,7-11H,1-2,5-6,12-14H2. The van der Waals surface area contributed by atoms with Crippen LogP contribution in [0.2, 0.25) is 0 Å². The second kappa shape index (κ2) is 6.78. The van der Waals surface area contributed by atoms with Gasteiger partial charge in [0.1, 0.15) is 5.01 Å². The van der Waals surface area contributed by atoms with E-state index in [9.17, 15) is 0 Å². The summed E-state index contributed by atoms with van der Waals surface area (Å²) in [5, 5.41) is 17.1. The van der Waals surface area contributed by atoms with E-state index in [0.29, 0.717) is 0 Å². The van der Waals surface area contributed by atoms with Crippen LogP contribution in [0.5, 0.6) is 0 Å². The third-order valence-corrected chi connectivity index (χ3v) is 6.07. The molecule has 2 aromatic heterocycles. The van der Waals surface area contributed by atoms with Gasteiger partial charge in [0.2, 0.25) is 4.96 Å². The zero-order valence-corrected chi connectivity index (χ0v) is 15.5. The molecule has 1 aliphatic rings. The number of hydrogen-bond donors (Lipinski definition) is 0. The van der Waals surface area contributed by atoms with Gasteiger partial charge in [-0.15, -0.1) is 10.2 Å². The van der Waals surface area contributed by atoms with Crippen molar-refractivity contribution in [3.63, 3.8) is 0 Å². The summed E-state index contributed by atoms with van der Waals surface area (Å²) in [6.07, 6.45) is 5.24. The van der Waals surface area contributed by atoms with Crippen molar-refractivity contribution in [1.82, 2.24) is 24.7 Å². The molecule has 26 heavy (non-hydrogen) atoms. The third kappa shape index (κ3) is 2.89. The maximum atomic E-state index is 4.87. The minimum Gasteiger partial charge on any atom is -0.296 e. The highest BCUT2D eigenvalue weighted by Crippen LogP contribution is 2.31. The van der Waals surface area contributed by atoms with E-state index in [1.54, 1.807) is 11.3 Å². The number of hydrogen-bond acceptors (Lipinski definition) is 5. The highest BCUT2D eigenvalue weighted by atomic mass is 32.1. The first kappa shape index (κ1) is 15.9. The van der Waals surface area contributed by atoms with Crippen molar-refractivity contribution in [1.29, 1.82) is 0 Å². The van der Waals surface area contributed by atoms with Crippen LogP contribution in [0.4, 0.5) is 0 Å². The fourth-order valence-electron chi connectivity index (χ4n) is 3.77. The highest BCUT2D eigenvalue weighted by Gasteiger charge is 2.17. The summed E-state index contributed by atoms with van der Waals surface area (Å²) < 4.78 is 1.94. The Bertz CT molecular complexity index is 1040. The van der Waals surface area contributed by atoms with Gasteiger partial charge in [-0.25, -0.2) is 0 Å².